The lowest BCUT2D eigenvalue weighted by molar-refractivity contribution is 0.310. The van der Waals surface area contributed by atoms with Crippen LogP contribution in [0.2, 0.25) is 0 Å². The zero-order valence-corrected chi connectivity index (χ0v) is 12.3. The molecular weight excluding hydrogens is 246 g/mol. The van der Waals surface area contributed by atoms with Gasteiger partial charge in [-0.2, -0.15) is 0 Å². The van der Waals surface area contributed by atoms with E-state index in [2.05, 4.69) is 60.8 Å². The van der Waals surface area contributed by atoms with Crippen LogP contribution in [0, 0.1) is 0 Å². The van der Waals surface area contributed by atoms with Gasteiger partial charge < -0.3 is 10.1 Å². The van der Waals surface area contributed by atoms with Crippen molar-refractivity contribution in [2.75, 3.05) is 13.7 Å². The summed E-state index contributed by atoms with van der Waals surface area (Å²) >= 11 is 0. The molecule has 0 saturated heterocycles. The van der Waals surface area contributed by atoms with Gasteiger partial charge in [-0.3, -0.25) is 0 Å². The average Bonchev–Trinajstić information content (AvgIpc) is 2.52. The van der Waals surface area contributed by atoms with Crippen molar-refractivity contribution in [2.24, 2.45) is 0 Å². The Balaban J connectivity index is 1.79. The standard InChI is InChI=1S/C18H23NO/c1-15(19-2)17-11-6-12-18(14-17)20-13-7-10-16-8-4-3-5-9-16/h3-6,8-9,11-12,14-15,19H,7,10,13H2,1-2H3. The van der Waals surface area contributed by atoms with E-state index in [1.807, 2.05) is 13.1 Å². The summed E-state index contributed by atoms with van der Waals surface area (Å²) in [6.07, 6.45) is 2.10. The fraction of sp³-hybridized carbons (Fsp3) is 0.333. The van der Waals surface area contributed by atoms with Gasteiger partial charge in [0.15, 0.2) is 0 Å². The molecule has 1 atom stereocenters. The highest BCUT2D eigenvalue weighted by Crippen LogP contribution is 2.19. The second-order valence-electron chi connectivity index (χ2n) is 5.02. The second kappa shape index (κ2) is 7.71. The molecule has 0 spiro atoms. The van der Waals surface area contributed by atoms with Crippen LogP contribution in [0.4, 0.5) is 0 Å². The summed E-state index contributed by atoms with van der Waals surface area (Å²) < 4.78 is 5.84. The molecule has 1 unspecified atom stereocenters. The van der Waals surface area contributed by atoms with E-state index in [9.17, 15) is 0 Å². The molecule has 0 aliphatic rings. The molecule has 0 saturated carbocycles. The molecule has 0 aliphatic heterocycles. The molecule has 0 fully saturated rings. The Labute approximate surface area is 121 Å². The number of hydrogen-bond acceptors (Lipinski definition) is 2. The maximum atomic E-state index is 5.84. The summed E-state index contributed by atoms with van der Waals surface area (Å²) in [4.78, 5) is 0. The molecule has 2 aromatic rings. The van der Waals surface area contributed by atoms with Crippen LogP contribution in [0.15, 0.2) is 54.6 Å². The van der Waals surface area contributed by atoms with Crippen LogP contribution in [0.1, 0.15) is 30.5 Å². The molecule has 2 aromatic carbocycles. The van der Waals surface area contributed by atoms with E-state index in [-0.39, 0.29) is 0 Å². The van der Waals surface area contributed by atoms with Gasteiger partial charge in [-0.1, -0.05) is 42.5 Å². The molecule has 0 heterocycles. The van der Waals surface area contributed by atoms with Gasteiger partial charge in [-0.05, 0) is 50.1 Å². The number of rotatable bonds is 7. The van der Waals surface area contributed by atoms with Gasteiger partial charge in [0.2, 0.25) is 0 Å². The van der Waals surface area contributed by atoms with Gasteiger partial charge in [-0.15, -0.1) is 0 Å². The van der Waals surface area contributed by atoms with E-state index in [1.54, 1.807) is 0 Å². The molecule has 0 aliphatic carbocycles. The first kappa shape index (κ1) is 14.6. The van der Waals surface area contributed by atoms with Crippen molar-refractivity contribution >= 4 is 0 Å². The molecule has 20 heavy (non-hydrogen) atoms. The second-order valence-corrected chi connectivity index (χ2v) is 5.02. The third-order valence-electron chi connectivity index (χ3n) is 3.51. The molecule has 0 bridgehead atoms. The first-order valence-corrected chi connectivity index (χ1v) is 7.23. The van der Waals surface area contributed by atoms with Crippen molar-refractivity contribution < 1.29 is 4.74 Å². The van der Waals surface area contributed by atoms with Gasteiger partial charge in [0, 0.05) is 6.04 Å². The first-order valence-electron chi connectivity index (χ1n) is 7.23. The Kier molecular flexibility index (Phi) is 5.63. The van der Waals surface area contributed by atoms with Crippen molar-refractivity contribution in [2.45, 2.75) is 25.8 Å². The number of hydrogen-bond donors (Lipinski definition) is 1. The van der Waals surface area contributed by atoms with Crippen molar-refractivity contribution in [3.63, 3.8) is 0 Å². The first-order chi connectivity index (χ1) is 9.79. The monoisotopic (exact) mass is 269 g/mol. The normalized spacial score (nSPS) is 12.1. The van der Waals surface area contributed by atoms with Gasteiger partial charge in [-0.25, -0.2) is 0 Å². The molecule has 0 radical (unpaired) electrons. The lowest BCUT2D eigenvalue weighted by Gasteiger charge is -2.12. The lowest BCUT2D eigenvalue weighted by atomic mass is 10.1. The van der Waals surface area contributed by atoms with Gasteiger partial charge >= 0.3 is 0 Å². The summed E-state index contributed by atoms with van der Waals surface area (Å²) in [5.74, 6) is 0.956. The zero-order chi connectivity index (χ0) is 14.2. The van der Waals surface area contributed by atoms with Crippen LogP contribution < -0.4 is 10.1 Å². The van der Waals surface area contributed by atoms with Crippen molar-refractivity contribution in [3.05, 3.63) is 65.7 Å². The van der Waals surface area contributed by atoms with E-state index in [4.69, 9.17) is 4.74 Å². The van der Waals surface area contributed by atoms with Crippen molar-refractivity contribution in [1.82, 2.24) is 5.32 Å². The lowest BCUT2D eigenvalue weighted by Crippen LogP contribution is -2.12. The van der Waals surface area contributed by atoms with E-state index in [0.717, 1.165) is 25.2 Å². The number of nitrogens with one attached hydrogen (secondary N) is 1. The molecule has 2 heteroatoms. The van der Waals surface area contributed by atoms with Crippen LogP contribution in [0.5, 0.6) is 5.75 Å². The van der Waals surface area contributed by atoms with E-state index in [1.165, 1.54) is 11.1 Å². The largest absolute Gasteiger partial charge is 0.494 e. The summed E-state index contributed by atoms with van der Waals surface area (Å²) in [5, 5.41) is 3.24. The molecule has 2 nitrogen and oxygen atoms in total. The highest BCUT2D eigenvalue weighted by atomic mass is 16.5. The quantitative estimate of drug-likeness (QED) is 0.768. The number of aryl methyl sites for hydroxylation is 1. The number of ether oxygens (including phenoxy) is 1. The van der Waals surface area contributed by atoms with Crippen LogP contribution in [0.3, 0.4) is 0 Å². The predicted molar refractivity (Wildman–Crippen MR) is 84.2 cm³/mol. The van der Waals surface area contributed by atoms with Gasteiger partial charge in [0.1, 0.15) is 5.75 Å². The Morgan fingerprint density at radius 2 is 1.85 bits per heavy atom. The summed E-state index contributed by atoms with van der Waals surface area (Å²) in [5.41, 5.74) is 2.63. The molecule has 0 amide bonds. The predicted octanol–water partition coefficient (Wildman–Crippen LogP) is 3.98. The molecular formula is C18H23NO. The Bertz CT molecular complexity index is 510. The van der Waals surface area contributed by atoms with Gasteiger partial charge in [0.25, 0.3) is 0 Å². The number of benzene rings is 2. The Hall–Kier alpha value is -1.80. The smallest absolute Gasteiger partial charge is 0.119 e. The van der Waals surface area contributed by atoms with Crippen molar-refractivity contribution in [1.29, 1.82) is 0 Å². The molecule has 1 N–H and O–H groups in total. The highest BCUT2D eigenvalue weighted by Gasteiger charge is 2.03. The molecule has 0 aromatic heterocycles. The van der Waals surface area contributed by atoms with Crippen molar-refractivity contribution in [3.8, 4) is 5.75 Å². The van der Waals surface area contributed by atoms with E-state index in [0.29, 0.717) is 6.04 Å². The maximum Gasteiger partial charge on any atom is 0.119 e. The third-order valence-corrected chi connectivity index (χ3v) is 3.51. The summed E-state index contributed by atoms with van der Waals surface area (Å²) in [6, 6.07) is 19.2. The summed E-state index contributed by atoms with van der Waals surface area (Å²) in [7, 11) is 1.97. The molecule has 2 rings (SSSR count). The summed E-state index contributed by atoms with van der Waals surface area (Å²) in [6.45, 7) is 2.90. The van der Waals surface area contributed by atoms with E-state index >= 15 is 0 Å². The third kappa shape index (κ3) is 4.39. The maximum absolute atomic E-state index is 5.84. The van der Waals surface area contributed by atoms with Gasteiger partial charge in [0.05, 0.1) is 6.61 Å². The molecule has 106 valence electrons. The Morgan fingerprint density at radius 1 is 1.05 bits per heavy atom. The Morgan fingerprint density at radius 3 is 2.60 bits per heavy atom. The minimum absolute atomic E-state index is 0.350. The SMILES string of the molecule is CNC(C)c1cccc(OCCCc2ccccc2)c1. The van der Waals surface area contributed by atoms with E-state index < -0.39 is 0 Å². The minimum Gasteiger partial charge on any atom is -0.494 e. The average molecular weight is 269 g/mol. The zero-order valence-electron chi connectivity index (χ0n) is 12.3. The fourth-order valence-corrected chi connectivity index (χ4v) is 2.15. The van der Waals surface area contributed by atoms with Crippen LogP contribution >= 0.6 is 0 Å². The highest BCUT2D eigenvalue weighted by molar-refractivity contribution is 5.30. The van der Waals surface area contributed by atoms with Crippen LogP contribution in [-0.2, 0) is 6.42 Å². The minimum atomic E-state index is 0.350. The van der Waals surface area contributed by atoms with Crippen LogP contribution in [-0.4, -0.2) is 13.7 Å². The fourth-order valence-electron chi connectivity index (χ4n) is 2.15. The van der Waals surface area contributed by atoms with Crippen LogP contribution in [0.25, 0.3) is 0 Å². The topological polar surface area (TPSA) is 21.3 Å².